The topological polar surface area (TPSA) is 60.2 Å². The van der Waals surface area contributed by atoms with E-state index in [4.69, 9.17) is 0 Å². The number of hydrogen-bond donors (Lipinski definition) is 1. The Kier molecular flexibility index (Phi) is 3.03. The lowest BCUT2D eigenvalue weighted by molar-refractivity contribution is -0.171. The molecule has 0 unspecified atom stereocenters. The van der Waals surface area contributed by atoms with Gasteiger partial charge >= 0.3 is 6.18 Å². The van der Waals surface area contributed by atoms with Gasteiger partial charge in [-0.2, -0.15) is 13.2 Å². The highest BCUT2D eigenvalue weighted by Gasteiger charge is 2.37. The van der Waals surface area contributed by atoms with Crippen molar-refractivity contribution in [2.24, 2.45) is 5.73 Å². The van der Waals surface area contributed by atoms with E-state index in [2.05, 4.69) is 5.73 Å². The summed E-state index contributed by atoms with van der Waals surface area (Å²) < 4.78 is 34.2. The first-order chi connectivity index (χ1) is 4.84. The van der Waals surface area contributed by atoms with E-state index < -0.39 is 30.7 Å². The number of rotatable bonds is 3. The molecule has 0 rings (SSSR count). The normalized spacial score (nSPS) is 11.2. The third-order valence-corrected chi connectivity index (χ3v) is 0.915. The Labute approximate surface area is 60.4 Å². The molecule has 0 aromatic heterocycles. The minimum atomic E-state index is -4.85. The number of amides is 1. The average molecular weight is 169 g/mol. The number of nitrogens with two attached hydrogens (primary N) is 1. The maximum Gasteiger partial charge on any atom is 0.449 e. The van der Waals surface area contributed by atoms with Crippen LogP contribution >= 0.6 is 0 Å². The van der Waals surface area contributed by atoms with Gasteiger partial charge in [0, 0.05) is 12.8 Å². The number of alkyl halides is 3. The van der Waals surface area contributed by atoms with Crippen molar-refractivity contribution in [1.82, 2.24) is 0 Å². The van der Waals surface area contributed by atoms with Gasteiger partial charge in [-0.15, -0.1) is 0 Å². The van der Waals surface area contributed by atoms with E-state index in [9.17, 15) is 22.8 Å². The first kappa shape index (κ1) is 9.93. The van der Waals surface area contributed by atoms with Crippen LogP contribution in [0, 0.1) is 0 Å². The largest absolute Gasteiger partial charge is 0.449 e. The molecule has 3 nitrogen and oxygen atoms in total. The van der Waals surface area contributed by atoms with Gasteiger partial charge in [0.05, 0.1) is 0 Å². The molecule has 0 aromatic carbocycles. The number of carbonyl (C=O) groups is 2. The van der Waals surface area contributed by atoms with Crippen molar-refractivity contribution in [3.05, 3.63) is 0 Å². The van der Waals surface area contributed by atoms with Crippen LogP contribution < -0.4 is 5.73 Å². The van der Waals surface area contributed by atoms with Gasteiger partial charge in [0.25, 0.3) is 0 Å². The maximum atomic E-state index is 11.4. The first-order valence-corrected chi connectivity index (χ1v) is 2.72. The Balaban J connectivity index is 3.80. The molecule has 0 heterocycles. The zero-order chi connectivity index (χ0) is 9.07. The van der Waals surface area contributed by atoms with E-state index in [1.807, 2.05) is 0 Å². The predicted octanol–water partition coefficient (Wildman–Crippen LogP) is 0.383. The van der Waals surface area contributed by atoms with Gasteiger partial charge in [0.2, 0.25) is 11.7 Å². The van der Waals surface area contributed by atoms with Crippen LogP contribution in [0.15, 0.2) is 0 Å². The summed E-state index contributed by atoms with van der Waals surface area (Å²) in [5, 5.41) is 0. The molecule has 0 radical (unpaired) electrons. The molecule has 64 valence electrons. The average Bonchev–Trinajstić information content (AvgIpc) is 1.80. The molecule has 0 aliphatic rings. The Bertz CT molecular complexity index is 175. The molecule has 0 saturated heterocycles. The SMILES string of the molecule is NC(=O)CCC(=O)C(F)(F)F. The fraction of sp³-hybridized carbons (Fsp3) is 0.600. The monoisotopic (exact) mass is 169 g/mol. The quantitative estimate of drug-likeness (QED) is 0.664. The standard InChI is InChI=1S/C5H6F3NO2/c6-5(7,8)3(10)1-2-4(9)11/h1-2H2,(H2,9,11). The fourth-order valence-electron chi connectivity index (χ4n) is 0.378. The van der Waals surface area contributed by atoms with Gasteiger partial charge in [0.1, 0.15) is 0 Å². The van der Waals surface area contributed by atoms with Gasteiger partial charge in [0.15, 0.2) is 0 Å². The lowest BCUT2D eigenvalue weighted by Gasteiger charge is -2.02. The van der Waals surface area contributed by atoms with Crippen molar-refractivity contribution in [2.75, 3.05) is 0 Å². The Morgan fingerprint density at radius 1 is 1.18 bits per heavy atom. The molecule has 0 spiro atoms. The summed E-state index contributed by atoms with van der Waals surface area (Å²) in [6.45, 7) is 0. The highest BCUT2D eigenvalue weighted by Crippen LogP contribution is 2.18. The van der Waals surface area contributed by atoms with Crippen LogP contribution in [0.4, 0.5) is 13.2 Å². The summed E-state index contributed by atoms with van der Waals surface area (Å²) in [5.41, 5.74) is 4.53. The highest BCUT2D eigenvalue weighted by molar-refractivity contribution is 5.87. The van der Waals surface area contributed by atoms with Crippen molar-refractivity contribution >= 4 is 11.7 Å². The summed E-state index contributed by atoms with van der Waals surface area (Å²) in [4.78, 5) is 20.0. The number of carbonyl (C=O) groups excluding carboxylic acids is 2. The molecular formula is C5H6F3NO2. The predicted molar refractivity (Wildman–Crippen MR) is 29.5 cm³/mol. The van der Waals surface area contributed by atoms with Crippen molar-refractivity contribution in [1.29, 1.82) is 0 Å². The van der Waals surface area contributed by atoms with Crippen molar-refractivity contribution < 1.29 is 22.8 Å². The third kappa shape index (κ3) is 4.35. The van der Waals surface area contributed by atoms with E-state index >= 15 is 0 Å². The van der Waals surface area contributed by atoms with Crippen LogP contribution in [0.3, 0.4) is 0 Å². The van der Waals surface area contributed by atoms with Crippen molar-refractivity contribution in [2.45, 2.75) is 19.0 Å². The van der Waals surface area contributed by atoms with Crippen LogP contribution in [0.2, 0.25) is 0 Å². The van der Waals surface area contributed by atoms with E-state index in [1.54, 1.807) is 0 Å². The molecule has 1 amide bonds. The first-order valence-electron chi connectivity index (χ1n) is 2.72. The number of primary amides is 1. The number of hydrogen-bond acceptors (Lipinski definition) is 2. The molecule has 0 saturated carbocycles. The molecule has 0 aromatic rings. The van der Waals surface area contributed by atoms with Crippen molar-refractivity contribution in [3.63, 3.8) is 0 Å². The summed E-state index contributed by atoms with van der Waals surface area (Å²) in [6.07, 6.45) is -6.27. The lowest BCUT2D eigenvalue weighted by Crippen LogP contribution is -2.24. The van der Waals surface area contributed by atoms with E-state index in [0.29, 0.717) is 0 Å². The van der Waals surface area contributed by atoms with E-state index in [-0.39, 0.29) is 0 Å². The second-order valence-corrected chi connectivity index (χ2v) is 1.89. The molecule has 2 N–H and O–H groups in total. The molecule has 11 heavy (non-hydrogen) atoms. The van der Waals surface area contributed by atoms with Crippen LogP contribution in [-0.2, 0) is 9.59 Å². The van der Waals surface area contributed by atoms with Gasteiger partial charge in [-0.1, -0.05) is 0 Å². The smallest absolute Gasteiger partial charge is 0.370 e. The molecule has 0 bridgehead atoms. The second-order valence-electron chi connectivity index (χ2n) is 1.89. The summed E-state index contributed by atoms with van der Waals surface area (Å²) >= 11 is 0. The number of halogens is 3. The number of Topliss-reactive ketones (excluding diaryl/α,β-unsaturated/α-hetero) is 1. The molecule has 0 atom stereocenters. The molecule has 0 fully saturated rings. The molecule has 0 aliphatic carbocycles. The zero-order valence-electron chi connectivity index (χ0n) is 5.44. The maximum absolute atomic E-state index is 11.4. The Morgan fingerprint density at radius 2 is 1.64 bits per heavy atom. The van der Waals surface area contributed by atoms with Crippen LogP contribution in [0.5, 0.6) is 0 Å². The van der Waals surface area contributed by atoms with Crippen LogP contribution in [0.1, 0.15) is 12.8 Å². The highest BCUT2D eigenvalue weighted by atomic mass is 19.4. The summed E-state index contributed by atoms with van der Waals surface area (Å²) in [5.74, 6) is -2.83. The van der Waals surface area contributed by atoms with Gasteiger partial charge < -0.3 is 5.73 Å². The number of ketones is 1. The Hall–Kier alpha value is -1.07. The molecule has 6 heteroatoms. The minimum Gasteiger partial charge on any atom is -0.370 e. The minimum absolute atomic E-state index is 0.557. The third-order valence-electron chi connectivity index (χ3n) is 0.915. The van der Waals surface area contributed by atoms with E-state index in [1.165, 1.54) is 0 Å². The summed E-state index contributed by atoms with van der Waals surface area (Å²) in [6, 6.07) is 0. The molecule has 0 aliphatic heterocycles. The van der Waals surface area contributed by atoms with Gasteiger partial charge in [-0.25, -0.2) is 0 Å². The van der Waals surface area contributed by atoms with Crippen molar-refractivity contribution in [3.8, 4) is 0 Å². The van der Waals surface area contributed by atoms with Crippen LogP contribution in [0.25, 0.3) is 0 Å². The zero-order valence-corrected chi connectivity index (χ0v) is 5.44. The Morgan fingerprint density at radius 3 is 1.91 bits per heavy atom. The van der Waals surface area contributed by atoms with E-state index in [0.717, 1.165) is 0 Å². The lowest BCUT2D eigenvalue weighted by atomic mass is 10.2. The second kappa shape index (κ2) is 3.36. The summed E-state index contributed by atoms with van der Waals surface area (Å²) in [7, 11) is 0. The molecular weight excluding hydrogens is 163 g/mol. The van der Waals surface area contributed by atoms with Crippen LogP contribution in [-0.4, -0.2) is 17.9 Å². The van der Waals surface area contributed by atoms with Gasteiger partial charge in [-0.05, 0) is 0 Å². The van der Waals surface area contributed by atoms with Gasteiger partial charge in [-0.3, -0.25) is 9.59 Å². The fourth-order valence-corrected chi connectivity index (χ4v) is 0.378.